The summed E-state index contributed by atoms with van der Waals surface area (Å²) in [6.07, 6.45) is 2.96. The molecule has 1 amide bonds. The molecule has 3 rings (SSSR count). The first kappa shape index (κ1) is 17.7. The summed E-state index contributed by atoms with van der Waals surface area (Å²) in [6.45, 7) is 5.59. The van der Waals surface area contributed by atoms with Gasteiger partial charge in [-0.15, -0.1) is 5.10 Å². The number of aryl methyl sites for hydroxylation is 3. The zero-order chi connectivity index (χ0) is 18.1. The number of rotatable bonds is 4. The molecule has 25 heavy (non-hydrogen) atoms. The van der Waals surface area contributed by atoms with Crippen molar-refractivity contribution in [1.82, 2.24) is 19.7 Å². The van der Waals surface area contributed by atoms with Crippen LogP contribution in [0.25, 0.3) is 11.0 Å². The molecule has 0 saturated carbocycles. The van der Waals surface area contributed by atoms with Crippen LogP contribution in [-0.4, -0.2) is 51.8 Å². The number of hydrogen-bond acceptors (Lipinski definition) is 5. The molecule has 136 valence electrons. The number of nitrogens with two attached hydrogens (primary N) is 1. The predicted molar refractivity (Wildman–Crippen MR) is 96.6 cm³/mol. The average Bonchev–Trinajstić information content (AvgIpc) is 2.91. The molecule has 0 radical (unpaired) electrons. The van der Waals surface area contributed by atoms with Crippen LogP contribution in [0.2, 0.25) is 0 Å². The topological polar surface area (TPSA) is 86.3 Å². The van der Waals surface area contributed by atoms with Gasteiger partial charge >= 0.3 is 0 Å². The number of hydrogen-bond donors (Lipinski definition) is 1. The molecule has 0 spiro atoms. The number of carbonyl (C=O) groups is 1. The lowest BCUT2D eigenvalue weighted by Crippen LogP contribution is -2.42. The number of nitrogens with zero attached hydrogens (tertiary/aromatic N) is 4. The second-order valence-electron chi connectivity index (χ2n) is 6.85. The van der Waals surface area contributed by atoms with Crippen LogP contribution in [-0.2, 0) is 18.3 Å². The third-order valence-corrected chi connectivity index (χ3v) is 5.20. The second-order valence-corrected chi connectivity index (χ2v) is 6.85. The summed E-state index contributed by atoms with van der Waals surface area (Å²) in [6, 6.07) is 0.234. The summed E-state index contributed by atoms with van der Waals surface area (Å²) in [5, 5.41) is 5.30. The molecule has 7 heteroatoms. The number of carbonyl (C=O) groups excluding carboxylic acids is 1. The predicted octanol–water partition coefficient (Wildman–Crippen LogP) is 1.48. The highest BCUT2D eigenvalue weighted by Crippen LogP contribution is 2.30. The summed E-state index contributed by atoms with van der Waals surface area (Å²) in [5.74, 6) is 0.782. The normalized spacial score (nSPS) is 15.8. The van der Waals surface area contributed by atoms with Crippen LogP contribution in [0.15, 0.2) is 0 Å². The second kappa shape index (κ2) is 7.00. The maximum atomic E-state index is 12.5. The van der Waals surface area contributed by atoms with Gasteiger partial charge in [0.1, 0.15) is 0 Å². The molecule has 2 aromatic heterocycles. The van der Waals surface area contributed by atoms with Crippen molar-refractivity contribution in [1.29, 1.82) is 0 Å². The van der Waals surface area contributed by atoms with E-state index in [0.29, 0.717) is 18.7 Å². The van der Waals surface area contributed by atoms with E-state index in [1.54, 1.807) is 11.8 Å². The van der Waals surface area contributed by atoms with Gasteiger partial charge in [-0.2, -0.15) is 0 Å². The first-order valence-corrected chi connectivity index (χ1v) is 8.82. The fourth-order valence-corrected chi connectivity index (χ4v) is 3.65. The van der Waals surface area contributed by atoms with Gasteiger partial charge in [-0.1, -0.05) is 0 Å². The van der Waals surface area contributed by atoms with Crippen molar-refractivity contribution >= 4 is 16.9 Å². The van der Waals surface area contributed by atoms with E-state index in [2.05, 4.69) is 17.0 Å². The van der Waals surface area contributed by atoms with Crippen LogP contribution < -0.4 is 10.5 Å². The first-order valence-electron chi connectivity index (χ1n) is 8.82. The summed E-state index contributed by atoms with van der Waals surface area (Å²) >= 11 is 0. The fraction of sp³-hybridized carbons (Fsp3) is 0.611. The number of aromatic nitrogens is 3. The van der Waals surface area contributed by atoms with Gasteiger partial charge in [0.2, 0.25) is 11.8 Å². The van der Waals surface area contributed by atoms with Crippen LogP contribution in [0.3, 0.4) is 0 Å². The van der Waals surface area contributed by atoms with Crippen molar-refractivity contribution in [3.05, 3.63) is 16.8 Å². The third kappa shape index (κ3) is 3.33. The van der Waals surface area contributed by atoms with Crippen LogP contribution in [0.1, 0.15) is 36.1 Å². The number of likely N-dealkylation sites (tertiary alicyclic amines) is 1. The Hall–Kier alpha value is -2.15. The monoisotopic (exact) mass is 345 g/mol. The standard InChI is InChI=1S/C18H27N5O2/c1-11-14(5-6-15(24)23-9-7-13(19)8-10-23)12(2)20-17-16(11)18(25-4)21-22(17)3/h13H,5-10,19H2,1-4H3. The minimum atomic E-state index is 0.198. The summed E-state index contributed by atoms with van der Waals surface area (Å²) in [4.78, 5) is 19.1. The van der Waals surface area contributed by atoms with Gasteiger partial charge in [0.05, 0.1) is 12.5 Å². The Morgan fingerprint density at radius 2 is 2.00 bits per heavy atom. The van der Waals surface area contributed by atoms with E-state index in [1.807, 2.05) is 18.9 Å². The fourth-order valence-electron chi connectivity index (χ4n) is 3.65. The molecule has 2 N–H and O–H groups in total. The van der Waals surface area contributed by atoms with Crippen molar-refractivity contribution in [3.8, 4) is 5.88 Å². The Kier molecular flexibility index (Phi) is 4.94. The smallest absolute Gasteiger partial charge is 0.242 e. The highest BCUT2D eigenvalue weighted by Gasteiger charge is 2.22. The van der Waals surface area contributed by atoms with Crippen LogP contribution >= 0.6 is 0 Å². The van der Waals surface area contributed by atoms with E-state index in [-0.39, 0.29) is 11.9 Å². The van der Waals surface area contributed by atoms with E-state index in [0.717, 1.165) is 53.8 Å². The molecule has 0 unspecified atom stereocenters. The molecule has 1 saturated heterocycles. The van der Waals surface area contributed by atoms with Gasteiger partial charge in [-0.05, 0) is 44.2 Å². The average molecular weight is 345 g/mol. The Bertz CT molecular complexity index is 791. The number of amides is 1. The van der Waals surface area contributed by atoms with Crippen molar-refractivity contribution in [2.75, 3.05) is 20.2 Å². The molecule has 1 aliphatic rings. The lowest BCUT2D eigenvalue weighted by Gasteiger charge is -2.30. The van der Waals surface area contributed by atoms with E-state index in [9.17, 15) is 4.79 Å². The maximum Gasteiger partial charge on any atom is 0.242 e. The summed E-state index contributed by atoms with van der Waals surface area (Å²) in [5.41, 5.74) is 9.89. The molecule has 3 heterocycles. The van der Waals surface area contributed by atoms with Crippen LogP contribution in [0, 0.1) is 13.8 Å². The third-order valence-electron chi connectivity index (χ3n) is 5.20. The van der Waals surface area contributed by atoms with Gasteiger partial charge in [-0.25, -0.2) is 9.67 Å². The Labute approximate surface area is 148 Å². The van der Waals surface area contributed by atoms with Crippen molar-refractivity contribution < 1.29 is 9.53 Å². The summed E-state index contributed by atoms with van der Waals surface area (Å²) in [7, 11) is 3.48. The number of ether oxygens (including phenoxy) is 1. The molecule has 2 aromatic rings. The van der Waals surface area contributed by atoms with Crippen LogP contribution in [0.5, 0.6) is 5.88 Å². The largest absolute Gasteiger partial charge is 0.479 e. The Morgan fingerprint density at radius 3 is 2.64 bits per heavy atom. The molecule has 1 fully saturated rings. The van der Waals surface area contributed by atoms with E-state index in [1.165, 1.54) is 0 Å². The molecular formula is C18H27N5O2. The number of pyridine rings is 1. The zero-order valence-corrected chi connectivity index (χ0v) is 15.5. The molecule has 0 atom stereocenters. The minimum Gasteiger partial charge on any atom is -0.479 e. The molecular weight excluding hydrogens is 318 g/mol. The quantitative estimate of drug-likeness (QED) is 0.907. The van der Waals surface area contributed by atoms with E-state index >= 15 is 0 Å². The van der Waals surface area contributed by atoms with Crippen molar-refractivity contribution in [3.63, 3.8) is 0 Å². The molecule has 1 aliphatic heterocycles. The Morgan fingerprint density at radius 1 is 1.32 bits per heavy atom. The lowest BCUT2D eigenvalue weighted by molar-refractivity contribution is -0.132. The highest BCUT2D eigenvalue weighted by atomic mass is 16.5. The van der Waals surface area contributed by atoms with Gasteiger partial charge in [0.25, 0.3) is 0 Å². The molecule has 0 aromatic carbocycles. The molecule has 0 aliphatic carbocycles. The van der Waals surface area contributed by atoms with E-state index < -0.39 is 0 Å². The SMILES string of the molecule is COc1nn(C)c2nc(C)c(CCC(=O)N3CCC(N)CC3)c(C)c12. The summed E-state index contributed by atoms with van der Waals surface area (Å²) < 4.78 is 7.13. The van der Waals surface area contributed by atoms with Gasteiger partial charge in [-0.3, -0.25) is 4.79 Å². The lowest BCUT2D eigenvalue weighted by atomic mass is 9.99. The minimum absolute atomic E-state index is 0.198. The first-order chi connectivity index (χ1) is 11.9. The van der Waals surface area contributed by atoms with Gasteiger partial charge in [0.15, 0.2) is 5.65 Å². The number of methoxy groups -OCH3 is 1. The zero-order valence-electron chi connectivity index (χ0n) is 15.5. The van der Waals surface area contributed by atoms with Gasteiger partial charge < -0.3 is 15.4 Å². The maximum absolute atomic E-state index is 12.5. The molecule has 7 nitrogen and oxygen atoms in total. The van der Waals surface area contributed by atoms with Crippen LogP contribution in [0.4, 0.5) is 0 Å². The van der Waals surface area contributed by atoms with Gasteiger partial charge in [0, 0.05) is 38.3 Å². The number of piperidine rings is 1. The number of fused-ring (bicyclic) bond motifs is 1. The van der Waals surface area contributed by atoms with E-state index in [4.69, 9.17) is 10.5 Å². The van der Waals surface area contributed by atoms with Crippen molar-refractivity contribution in [2.24, 2.45) is 12.8 Å². The van der Waals surface area contributed by atoms with Crippen molar-refractivity contribution in [2.45, 2.75) is 45.6 Å². The Balaban J connectivity index is 1.80. The highest BCUT2D eigenvalue weighted by molar-refractivity contribution is 5.86. The molecule has 0 bridgehead atoms.